The summed E-state index contributed by atoms with van der Waals surface area (Å²) < 4.78 is 5.78. The number of carbonyl (C=O) groups is 2. The molecule has 132 valence electrons. The van der Waals surface area contributed by atoms with Crippen molar-refractivity contribution in [3.8, 4) is 0 Å². The number of rotatable bonds is 2. The fraction of sp³-hybridized carbons (Fsp3) is 0.250. The molecule has 1 aliphatic carbocycles. The summed E-state index contributed by atoms with van der Waals surface area (Å²) in [6, 6.07) is 7.14. The third kappa shape index (κ3) is 3.35. The molecule has 1 aromatic carbocycles. The quantitative estimate of drug-likeness (QED) is 0.753. The second kappa shape index (κ2) is 6.92. The molecule has 0 N–H and O–H groups in total. The summed E-state index contributed by atoms with van der Waals surface area (Å²) in [5, 5.41) is 0.581. The Kier molecular flexibility index (Phi) is 4.47. The third-order valence-electron chi connectivity index (χ3n) is 4.53. The lowest BCUT2D eigenvalue weighted by atomic mass is 10.0. The van der Waals surface area contributed by atoms with Gasteiger partial charge in [0.25, 0.3) is 5.91 Å². The zero-order chi connectivity index (χ0) is 18.1. The Balaban J connectivity index is 1.57. The van der Waals surface area contributed by atoms with Gasteiger partial charge in [0.2, 0.25) is 0 Å². The van der Waals surface area contributed by atoms with E-state index >= 15 is 0 Å². The fourth-order valence-corrected chi connectivity index (χ4v) is 3.41. The van der Waals surface area contributed by atoms with Crippen LogP contribution in [0, 0.1) is 0 Å². The Morgan fingerprint density at radius 3 is 2.88 bits per heavy atom. The minimum atomic E-state index is -0.465. The van der Waals surface area contributed by atoms with Crippen LogP contribution in [-0.2, 0) is 14.3 Å². The number of hydrogen-bond donors (Lipinski definition) is 0. The zero-order valence-corrected chi connectivity index (χ0v) is 14.8. The molecule has 26 heavy (non-hydrogen) atoms. The van der Waals surface area contributed by atoms with Gasteiger partial charge in [-0.05, 0) is 54.8 Å². The number of amides is 2. The summed E-state index contributed by atoms with van der Waals surface area (Å²) in [6.45, 7) is 1.56. The summed E-state index contributed by atoms with van der Waals surface area (Å²) in [7, 11) is 0. The number of aliphatic imine (C=N–C) groups is 1. The lowest BCUT2D eigenvalue weighted by Gasteiger charge is -2.25. The highest BCUT2D eigenvalue weighted by Crippen LogP contribution is 2.24. The maximum atomic E-state index is 12.5. The Bertz CT molecular complexity index is 892. The van der Waals surface area contributed by atoms with Crippen molar-refractivity contribution in [2.75, 3.05) is 13.1 Å². The molecular formula is C20H17ClN2O3. The van der Waals surface area contributed by atoms with Crippen molar-refractivity contribution in [3.05, 3.63) is 64.4 Å². The SMILES string of the molecule is O=C1N=C2C=C(C(=O)N3CCCC3)C=CC2O/C1=C/c1cccc(Cl)c1. The summed E-state index contributed by atoms with van der Waals surface area (Å²) in [6.07, 6.45) is 8.39. The van der Waals surface area contributed by atoms with Crippen LogP contribution in [0.4, 0.5) is 0 Å². The molecule has 0 bridgehead atoms. The average Bonchev–Trinajstić information content (AvgIpc) is 3.16. The van der Waals surface area contributed by atoms with Gasteiger partial charge in [-0.3, -0.25) is 9.59 Å². The van der Waals surface area contributed by atoms with E-state index in [2.05, 4.69) is 4.99 Å². The summed E-state index contributed by atoms with van der Waals surface area (Å²) in [5.41, 5.74) is 1.77. The molecule has 1 atom stereocenters. The van der Waals surface area contributed by atoms with Crippen LogP contribution in [0.2, 0.25) is 5.02 Å². The van der Waals surface area contributed by atoms with E-state index < -0.39 is 12.0 Å². The topological polar surface area (TPSA) is 59.0 Å². The maximum Gasteiger partial charge on any atom is 0.312 e. The Morgan fingerprint density at radius 1 is 1.31 bits per heavy atom. The van der Waals surface area contributed by atoms with Crippen molar-refractivity contribution < 1.29 is 14.3 Å². The first-order chi connectivity index (χ1) is 12.6. The lowest BCUT2D eigenvalue weighted by molar-refractivity contribution is -0.125. The van der Waals surface area contributed by atoms with Crippen LogP contribution in [0.25, 0.3) is 6.08 Å². The second-order valence-corrected chi connectivity index (χ2v) is 6.84. The molecule has 4 rings (SSSR count). The molecule has 0 aromatic heterocycles. The maximum absolute atomic E-state index is 12.5. The van der Waals surface area contributed by atoms with Crippen molar-refractivity contribution in [2.45, 2.75) is 18.9 Å². The number of halogens is 1. The highest BCUT2D eigenvalue weighted by molar-refractivity contribution is 6.30. The van der Waals surface area contributed by atoms with Gasteiger partial charge in [-0.25, -0.2) is 4.99 Å². The van der Waals surface area contributed by atoms with E-state index in [0.29, 0.717) is 16.3 Å². The van der Waals surface area contributed by atoms with E-state index in [1.54, 1.807) is 42.5 Å². The highest BCUT2D eigenvalue weighted by atomic mass is 35.5. The first-order valence-electron chi connectivity index (χ1n) is 8.56. The van der Waals surface area contributed by atoms with E-state index in [1.807, 2.05) is 11.0 Å². The average molecular weight is 369 g/mol. The Morgan fingerprint density at radius 2 is 2.12 bits per heavy atom. The predicted octanol–water partition coefficient (Wildman–Crippen LogP) is 3.17. The molecule has 1 aromatic rings. The molecule has 0 saturated carbocycles. The number of nitrogens with zero attached hydrogens (tertiary/aromatic N) is 2. The van der Waals surface area contributed by atoms with Gasteiger partial charge in [-0.15, -0.1) is 0 Å². The monoisotopic (exact) mass is 368 g/mol. The fourth-order valence-electron chi connectivity index (χ4n) is 3.21. The van der Waals surface area contributed by atoms with Crippen LogP contribution in [-0.4, -0.2) is 41.6 Å². The number of fused-ring (bicyclic) bond motifs is 1. The molecule has 1 saturated heterocycles. The third-order valence-corrected chi connectivity index (χ3v) is 4.76. The molecular weight excluding hydrogens is 352 g/mol. The molecule has 3 aliphatic rings. The van der Waals surface area contributed by atoms with Gasteiger partial charge in [-0.1, -0.05) is 23.7 Å². The number of hydrogen-bond acceptors (Lipinski definition) is 3. The van der Waals surface area contributed by atoms with Gasteiger partial charge in [0.05, 0.1) is 5.71 Å². The normalized spacial score (nSPS) is 23.4. The molecule has 2 heterocycles. The molecule has 1 fully saturated rings. The van der Waals surface area contributed by atoms with Gasteiger partial charge in [-0.2, -0.15) is 0 Å². The van der Waals surface area contributed by atoms with Crippen LogP contribution in [0.3, 0.4) is 0 Å². The zero-order valence-electron chi connectivity index (χ0n) is 14.0. The van der Waals surface area contributed by atoms with E-state index in [1.165, 1.54) is 0 Å². The van der Waals surface area contributed by atoms with E-state index in [4.69, 9.17) is 16.3 Å². The summed E-state index contributed by atoms with van der Waals surface area (Å²) in [5.74, 6) is -0.322. The number of carbonyl (C=O) groups excluding carboxylic acids is 2. The largest absolute Gasteiger partial charge is 0.474 e. The minimum Gasteiger partial charge on any atom is -0.474 e. The van der Waals surface area contributed by atoms with Crippen molar-refractivity contribution in [1.29, 1.82) is 0 Å². The van der Waals surface area contributed by atoms with Gasteiger partial charge >= 0.3 is 5.91 Å². The molecule has 6 heteroatoms. The number of ether oxygens (including phenoxy) is 1. The van der Waals surface area contributed by atoms with Crippen molar-refractivity contribution >= 4 is 35.2 Å². The first-order valence-corrected chi connectivity index (χ1v) is 8.94. The van der Waals surface area contributed by atoms with E-state index in [9.17, 15) is 9.59 Å². The van der Waals surface area contributed by atoms with Crippen LogP contribution in [0.1, 0.15) is 18.4 Å². The van der Waals surface area contributed by atoms with Gasteiger partial charge in [0.1, 0.15) is 0 Å². The van der Waals surface area contributed by atoms with Crippen LogP contribution in [0.15, 0.2) is 58.8 Å². The van der Waals surface area contributed by atoms with Crippen LogP contribution in [0.5, 0.6) is 0 Å². The van der Waals surface area contributed by atoms with E-state index in [-0.39, 0.29) is 11.7 Å². The Labute approximate surface area is 156 Å². The smallest absolute Gasteiger partial charge is 0.312 e. The van der Waals surface area contributed by atoms with Gasteiger partial charge in [0, 0.05) is 23.7 Å². The van der Waals surface area contributed by atoms with Crippen LogP contribution < -0.4 is 0 Å². The number of benzene rings is 1. The molecule has 5 nitrogen and oxygen atoms in total. The standard InChI is InChI=1S/C20H17ClN2O3/c21-15-5-3-4-13(10-15)11-18-19(24)22-16-12-14(6-7-17(16)26-18)20(25)23-8-1-2-9-23/h3-7,10-12,17H,1-2,8-9H2/b18-11+. The van der Waals surface area contributed by atoms with Gasteiger partial charge in [0.15, 0.2) is 11.9 Å². The summed E-state index contributed by atoms with van der Waals surface area (Å²) >= 11 is 5.97. The molecule has 0 radical (unpaired) electrons. The second-order valence-electron chi connectivity index (χ2n) is 6.40. The predicted molar refractivity (Wildman–Crippen MR) is 99.8 cm³/mol. The molecule has 0 spiro atoms. The lowest BCUT2D eigenvalue weighted by Crippen LogP contribution is -2.34. The highest BCUT2D eigenvalue weighted by Gasteiger charge is 2.30. The molecule has 2 amide bonds. The van der Waals surface area contributed by atoms with Crippen molar-refractivity contribution in [1.82, 2.24) is 4.90 Å². The van der Waals surface area contributed by atoms with Crippen LogP contribution >= 0.6 is 11.6 Å². The van der Waals surface area contributed by atoms with Crippen molar-refractivity contribution in [3.63, 3.8) is 0 Å². The number of likely N-dealkylation sites (tertiary alicyclic amines) is 1. The van der Waals surface area contributed by atoms with Crippen molar-refractivity contribution in [2.24, 2.45) is 4.99 Å². The first kappa shape index (κ1) is 16.8. The molecule has 2 aliphatic heterocycles. The minimum absolute atomic E-state index is 0.0207. The summed E-state index contributed by atoms with van der Waals surface area (Å²) in [4.78, 5) is 30.7. The van der Waals surface area contributed by atoms with Gasteiger partial charge < -0.3 is 9.64 Å². The van der Waals surface area contributed by atoms with E-state index in [0.717, 1.165) is 31.5 Å². The Hall–Kier alpha value is -2.66. The molecule has 1 unspecified atom stereocenters.